The minimum atomic E-state index is 0.0369. The summed E-state index contributed by atoms with van der Waals surface area (Å²) < 4.78 is 2.08. The van der Waals surface area contributed by atoms with Gasteiger partial charge in [-0.1, -0.05) is 31.4 Å². The minimum Gasteiger partial charge on any atom is -0.322 e. The van der Waals surface area contributed by atoms with Crippen LogP contribution in [0.25, 0.3) is 10.9 Å². The van der Waals surface area contributed by atoms with Crippen molar-refractivity contribution in [3.05, 3.63) is 51.1 Å². The van der Waals surface area contributed by atoms with E-state index >= 15 is 0 Å². The van der Waals surface area contributed by atoms with Gasteiger partial charge >= 0.3 is 0 Å². The number of hydrogen-bond donors (Lipinski definition) is 2. The molecule has 1 unspecified atom stereocenters. The first-order valence-corrected chi connectivity index (χ1v) is 12.3. The normalized spacial score (nSPS) is 19.1. The number of quaternary nitrogens is 1. The van der Waals surface area contributed by atoms with E-state index in [2.05, 4.69) is 57.2 Å². The Morgan fingerprint density at radius 3 is 2.56 bits per heavy atom. The number of aromatic amines is 1. The van der Waals surface area contributed by atoms with Gasteiger partial charge in [-0.05, 0) is 85.4 Å². The summed E-state index contributed by atoms with van der Waals surface area (Å²) in [6.45, 7) is 5.65. The Morgan fingerprint density at radius 2 is 1.78 bits per heavy atom. The fourth-order valence-electron chi connectivity index (χ4n) is 5.77. The minimum absolute atomic E-state index is 0.0369. The van der Waals surface area contributed by atoms with Crippen molar-refractivity contribution in [2.75, 3.05) is 0 Å². The molecule has 32 heavy (non-hydrogen) atoms. The van der Waals surface area contributed by atoms with E-state index in [9.17, 15) is 4.79 Å². The summed E-state index contributed by atoms with van der Waals surface area (Å²) in [4.78, 5) is 17.7. The number of fused-ring (bicyclic) bond motifs is 1. The molecule has 0 amide bonds. The second kappa shape index (κ2) is 9.14. The van der Waals surface area contributed by atoms with Gasteiger partial charge in [0.25, 0.3) is 5.56 Å². The molecule has 2 aliphatic carbocycles. The van der Waals surface area contributed by atoms with E-state index in [0.717, 1.165) is 34.4 Å². The Balaban J connectivity index is 1.46. The van der Waals surface area contributed by atoms with Crippen molar-refractivity contribution in [3.63, 3.8) is 0 Å². The Hall–Kier alpha value is -2.54. The van der Waals surface area contributed by atoms with Crippen molar-refractivity contribution in [1.82, 2.24) is 25.2 Å². The second-order valence-corrected chi connectivity index (χ2v) is 9.92. The van der Waals surface area contributed by atoms with Crippen LogP contribution in [-0.4, -0.2) is 31.2 Å². The Morgan fingerprint density at radius 1 is 1.03 bits per heavy atom. The molecule has 2 aliphatic rings. The van der Waals surface area contributed by atoms with Gasteiger partial charge in [0.15, 0.2) is 0 Å². The molecule has 7 heteroatoms. The maximum atomic E-state index is 13.1. The van der Waals surface area contributed by atoms with Crippen LogP contribution in [-0.2, 0) is 13.1 Å². The molecule has 2 saturated carbocycles. The van der Waals surface area contributed by atoms with Gasteiger partial charge in [-0.3, -0.25) is 4.79 Å². The lowest BCUT2D eigenvalue weighted by Gasteiger charge is -2.31. The van der Waals surface area contributed by atoms with Crippen molar-refractivity contribution in [2.45, 2.75) is 96.8 Å². The van der Waals surface area contributed by atoms with Crippen molar-refractivity contribution in [3.8, 4) is 0 Å². The third-order valence-corrected chi connectivity index (χ3v) is 7.84. The largest absolute Gasteiger partial charge is 0.322 e. The van der Waals surface area contributed by atoms with Gasteiger partial charge < -0.3 is 9.88 Å². The van der Waals surface area contributed by atoms with Crippen LogP contribution < -0.4 is 10.5 Å². The van der Waals surface area contributed by atoms with Crippen molar-refractivity contribution >= 4 is 10.9 Å². The lowest BCUT2D eigenvalue weighted by Crippen LogP contribution is -3.13. The Kier molecular flexibility index (Phi) is 6.09. The van der Waals surface area contributed by atoms with Crippen molar-refractivity contribution in [1.29, 1.82) is 0 Å². The first-order valence-electron chi connectivity index (χ1n) is 12.3. The zero-order valence-corrected chi connectivity index (χ0v) is 19.4. The molecule has 2 heterocycles. The Labute approximate surface area is 189 Å². The molecule has 5 rings (SSSR count). The van der Waals surface area contributed by atoms with E-state index in [4.69, 9.17) is 0 Å². The van der Waals surface area contributed by atoms with Crippen molar-refractivity contribution in [2.24, 2.45) is 0 Å². The molecular formula is C25H35N6O+. The Bertz CT molecular complexity index is 1140. The van der Waals surface area contributed by atoms with Crippen LogP contribution >= 0.6 is 0 Å². The highest BCUT2D eigenvalue weighted by molar-refractivity contribution is 5.83. The number of nitrogens with one attached hydrogen (secondary N) is 2. The molecule has 2 aromatic heterocycles. The topological polar surface area (TPSA) is 80.9 Å². The third-order valence-electron chi connectivity index (χ3n) is 7.84. The van der Waals surface area contributed by atoms with E-state index in [1.807, 2.05) is 0 Å². The number of rotatable bonds is 6. The van der Waals surface area contributed by atoms with E-state index < -0.39 is 0 Å². The second-order valence-electron chi connectivity index (χ2n) is 9.92. The zero-order chi connectivity index (χ0) is 22.1. The van der Waals surface area contributed by atoms with Gasteiger partial charge in [0, 0.05) is 0 Å². The maximum Gasteiger partial charge on any atom is 0.257 e. The lowest BCUT2D eigenvalue weighted by atomic mass is 9.93. The van der Waals surface area contributed by atoms with E-state index in [-0.39, 0.29) is 5.56 Å². The highest BCUT2D eigenvalue weighted by atomic mass is 16.1. The molecule has 0 aliphatic heterocycles. The number of aryl methyl sites for hydroxylation is 2. The number of H-pyrrole nitrogens is 1. The summed E-state index contributed by atoms with van der Waals surface area (Å²) in [5.41, 5.74) is 4.21. The molecule has 2 N–H and O–H groups in total. The molecular weight excluding hydrogens is 400 g/mol. The molecule has 170 valence electrons. The molecule has 3 aromatic rings. The van der Waals surface area contributed by atoms with Crippen LogP contribution in [0.5, 0.6) is 0 Å². The monoisotopic (exact) mass is 435 g/mol. The summed E-state index contributed by atoms with van der Waals surface area (Å²) in [6.07, 6.45) is 11.1. The molecule has 0 spiro atoms. The number of tetrazole rings is 1. The zero-order valence-electron chi connectivity index (χ0n) is 19.4. The molecule has 1 atom stereocenters. The van der Waals surface area contributed by atoms with Crippen LogP contribution in [0, 0.1) is 13.8 Å². The SMILES string of the molecule is Cc1ccc2cc(C[NH+](Cc3nnnn3C3CCCC3)C3CCCCC3)c(=O)[nH]c2c1C. The summed E-state index contributed by atoms with van der Waals surface area (Å²) >= 11 is 0. The summed E-state index contributed by atoms with van der Waals surface area (Å²) in [5.74, 6) is 0.973. The standard InChI is InChI=1S/C25H34N6O/c1-17-12-13-19-14-20(25(32)26-24(19)18(17)2)15-30(21-8-4-3-5-9-21)16-23-27-28-29-31(23)22-10-6-7-11-22/h12-14,21-22H,3-11,15-16H2,1-2H3,(H,26,32)/p+1. The fraction of sp³-hybridized carbons (Fsp3) is 0.600. The van der Waals surface area contributed by atoms with E-state index in [1.54, 1.807) is 0 Å². The number of benzene rings is 1. The summed E-state index contributed by atoms with van der Waals surface area (Å²) in [5, 5.41) is 13.9. The first-order chi connectivity index (χ1) is 15.6. The van der Waals surface area contributed by atoms with Crippen molar-refractivity contribution < 1.29 is 4.90 Å². The summed E-state index contributed by atoms with van der Waals surface area (Å²) in [7, 11) is 0. The van der Waals surface area contributed by atoms with Gasteiger partial charge in [0.2, 0.25) is 5.82 Å². The average molecular weight is 436 g/mol. The molecule has 2 fully saturated rings. The van der Waals surface area contributed by atoms with Crippen LogP contribution in [0.4, 0.5) is 0 Å². The first kappa shape index (κ1) is 21.3. The van der Waals surface area contributed by atoms with E-state index in [0.29, 0.717) is 18.6 Å². The number of nitrogens with zero attached hydrogens (tertiary/aromatic N) is 4. The molecule has 7 nitrogen and oxygen atoms in total. The van der Waals surface area contributed by atoms with Gasteiger partial charge in [-0.25, -0.2) is 4.68 Å². The highest BCUT2D eigenvalue weighted by Crippen LogP contribution is 2.29. The quantitative estimate of drug-likeness (QED) is 0.623. The van der Waals surface area contributed by atoms with Crippen LogP contribution in [0.15, 0.2) is 23.0 Å². The number of pyridine rings is 1. The van der Waals surface area contributed by atoms with Gasteiger partial charge in [0.05, 0.1) is 23.2 Å². The van der Waals surface area contributed by atoms with Gasteiger partial charge in [0.1, 0.15) is 13.1 Å². The van der Waals surface area contributed by atoms with Crippen LogP contribution in [0.1, 0.15) is 86.3 Å². The fourth-order valence-corrected chi connectivity index (χ4v) is 5.77. The number of aromatic nitrogens is 5. The van der Waals surface area contributed by atoms with Gasteiger partial charge in [-0.2, -0.15) is 0 Å². The predicted octanol–water partition coefficient (Wildman–Crippen LogP) is 3.16. The highest BCUT2D eigenvalue weighted by Gasteiger charge is 2.30. The lowest BCUT2D eigenvalue weighted by molar-refractivity contribution is -0.954. The number of hydrogen-bond acceptors (Lipinski definition) is 4. The molecule has 1 aromatic carbocycles. The molecule has 0 radical (unpaired) electrons. The third kappa shape index (κ3) is 4.22. The average Bonchev–Trinajstić information content (AvgIpc) is 3.49. The molecule has 0 saturated heterocycles. The smallest absolute Gasteiger partial charge is 0.257 e. The van der Waals surface area contributed by atoms with Crippen LogP contribution in [0.3, 0.4) is 0 Å². The molecule has 0 bridgehead atoms. The summed E-state index contributed by atoms with van der Waals surface area (Å²) in [6, 6.07) is 7.35. The van der Waals surface area contributed by atoms with E-state index in [1.165, 1.54) is 68.3 Å². The predicted molar refractivity (Wildman–Crippen MR) is 125 cm³/mol. The van der Waals surface area contributed by atoms with Crippen LogP contribution in [0.2, 0.25) is 0 Å². The maximum absolute atomic E-state index is 13.1. The van der Waals surface area contributed by atoms with Gasteiger partial charge in [-0.15, -0.1) is 5.10 Å².